The van der Waals surface area contributed by atoms with Crippen LogP contribution in [0.5, 0.6) is 0 Å². The predicted octanol–water partition coefficient (Wildman–Crippen LogP) is 8.10. The molecule has 0 atom stereocenters. The van der Waals surface area contributed by atoms with Crippen molar-refractivity contribution in [2.75, 3.05) is 4.90 Å². The number of anilines is 3. The fraction of sp³-hybridized carbons (Fsp3) is 0. The molecule has 0 saturated carbocycles. The second-order valence-electron chi connectivity index (χ2n) is 11.6. The molecule has 0 spiro atoms. The summed E-state index contributed by atoms with van der Waals surface area (Å²) in [5.74, 6) is 2.04. The van der Waals surface area contributed by atoms with Crippen molar-refractivity contribution in [3.8, 4) is 34.2 Å². The normalized spacial score (nSPS) is 13.4. The van der Waals surface area contributed by atoms with Gasteiger partial charge in [0.2, 0.25) is 0 Å². The molecule has 0 N–H and O–H groups in total. The molecular formula is C39H23BN4S2. The molecule has 7 heteroatoms. The van der Waals surface area contributed by atoms with Crippen molar-refractivity contribution in [3.05, 3.63) is 140 Å². The molecule has 0 bridgehead atoms. The van der Waals surface area contributed by atoms with Crippen molar-refractivity contribution in [2.45, 2.75) is 19.6 Å². The van der Waals surface area contributed by atoms with Gasteiger partial charge < -0.3 is 4.90 Å². The third kappa shape index (κ3) is 3.95. The van der Waals surface area contributed by atoms with Crippen molar-refractivity contribution in [3.63, 3.8) is 0 Å². The largest absolute Gasteiger partial charge is 0.311 e. The Hall–Kier alpha value is -5.11. The van der Waals surface area contributed by atoms with E-state index in [0.717, 1.165) is 16.7 Å². The van der Waals surface area contributed by atoms with Gasteiger partial charge in [-0.1, -0.05) is 115 Å². The fourth-order valence-electron chi connectivity index (χ4n) is 6.99. The summed E-state index contributed by atoms with van der Waals surface area (Å²) in [4.78, 5) is 22.7. The van der Waals surface area contributed by atoms with E-state index in [0.29, 0.717) is 17.5 Å². The Morgan fingerprint density at radius 1 is 0.413 bits per heavy atom. The van der Waals surface area contributed by atoms with Gasteiger partial charge in [-0.05, 0) is 64.9 Å². The van der Waals surface area contributed by atoms with Gasteiger partial charge in [0, 0.05) is 53.3 Å². The SMILES string of the molecule is c1ccc(-c2nc(-c3ccccc3)nc(-c3cc4c5c(c3)Sc3cccc6c3B5c3c(cccc3N6c3ccccc3)S4)n2)cc1. The molecule has 214 valence electrons. The second kappa shape index (κ2) is 10.2. The number of hydrogen-bond acceptors (Lipinski definition) is 6. The van der Waals surface area contributed by atoms with Crippen molar-refractivity contribution >= 4 is 63.7 Å². The van der Waals surface area contributed by atoms with E-state index in [1.165, 1.54) is 53.0 Å². The van der Waals surface area contributed by atoms with Gasteiger partial charge in [-0.15, -0.1) is 0 Å². The smallest absolute Gasteiger partial charge is 0.252 e. The molecule has 3 aliphatic heterocycles. The van der Waals surface area contributed by atoms with Crippen LogP contribution >= 0.6 is 23.5 Å². The number of aromatic nitrogens is 3. The van der Waals surface area contributed by atoms with Gasteiger partial charge in [0.15, 0.2) is 17.5 Å². The Balaban J connectivity index is 1.18. The Labute approximate surface area is 275 Å². The van der Waals surface area contributed by atoms with Crippen LogP contribution in [0.1, 0.15) is 0 Å². The molecule has 0 radical (unpaired) electrons. The fourth-order valence-corrected chi connectivity index (χ4v) is 9.53. The molecule has 0 amide bonds. The first kappa shape index (κ1) is 26.1. The van der Waals surface area contributed by atoms with E-state index in [1.54, 1.807) is 0 Å². The summed E-state index contributed by atoms with van der Waals surface area (Å²) in [7, 11) is 0. The summed E-state index contributed by atoms with van der Waals surface area (Å²) in [5.41, 5.74) is 10.8. The zero-order chi connectivity index (χ0) is 30.2. The van der Waals surface area contributed by atoms with Gasteiger partial charge in [-0.2, -0.15) is 0 Å². The average Bonchev–Trinajstić information content (AvgIpc) is 3.12. The first-order valence-corrected chi connectivity index (χ1v) is 17.0. The van der Waals surface area contributed by atoms with E-state index >= 15 is 0 Å². The van der Waals surface area contributed by atoms with Gasteiger partial charge in [0.05, 0.1) is 0 Å². The van der Waals surface area contributed by atoms with Gasteiger partial charge in [0.25, 0.3) is 6.71 Å². The van der Waals surface area contributed by atoms with E-state index in [1.807, 2.05) is 59.9 Å². The summed E-state index contributed by atoms with van der Waals surface area (Å²) < 4.78 is 0. The van der Waals surface area contributed by atoms with E-state index in [-0.39, 0.29) is 6.71 Å². The zero-order valence-electron chi connectivity index (χ0n) is 24.5. The Kier molecular flexibility index (Phi) is 5.80. The molecule has 7 aromatic rings. The Morgan fingerprint density at radius 2 is 0.870 bits per heavy atom. The van der Waals surface area contributed by atoms with E-state index in [9.17, 15) is 0 Å². The highest BCUT2D eigenvalue weighted by Gasteiger charge is 2.45. The van der Waals surface area contributed by atoms with Crippen LogP contribution in [0.4, 0.5) is 17.1 Å². The van der Waals surface area contributed by atoms with Crippen LogP contribution in [0.15, 0.2) is 159 Å². The molecule has 10 rings (SSSR count). The number of nitrogens with zero attached hydrogens (tertiary/aromatic N) is 4. The van der Waals surface area contributed by atoms with E-state index in [2.05, 4.69) is 108 Å². The summed E-state index contributed by atoms with van der Waals surface area (Å²) in [6.07, 6.45) is 0. The Morgan fingerprint density at radius 3 is 1.37 bits per heavy atom. The quantitative estimate of drug-likeness (QED) is 0.185. The third-order valence-electron chi connectivity index (χ3n) is 8.95. The molecule has 6 aromatic carbocycles. The third-order valence-corrected chi connectivity index (χ3v) is 11.2. The molecular weight excluding hydrogens is 599 g/mol. The number of hydrogen-bond donors (Lipinski definition) is 0. The van der Waals surface area contributed by atoms with E-state index in [4.69, 9.17) is 15.0 Å². The molecule has 1 aromatic heterocycles. The zero-order valence-corrected chi connectivity index (χ0v) is 26.1. The molecule has 0 saturated heterocycles. The minimum atomic E-state index is 0.178. The predicted molar refractivity (Wildman–Crippen MR) is 190 cm³/mol. The van der Waals surface area contributed by atoms with E-state index < -0.39 is 0 Å². The van der Waals surface area contributed by atoms with Gasteiger partial charge in [-0.25, -0.2) is 15.0 Å². The summed E-state index contributed by atoms with van der Waals surface area (Å²) in [6, 6.07) is 49.2. The molecule has 3 aliphatic rings. The standard InChI is InChI=1S/C39H23BN4S2/c1-4-12-24(13-5-1)37-41-38(25-14-6-2-7-15-25)43-39(42-37)26-22-32-36-33(23-26)46-31-21-11-19-29-35(31)40(36)34-28(18-10-20-30(34)45-32)44(29)27-16-8-3-9-17-27/h1-23H. The van der Waals surface area contributed by atoms with Gasteiger partial charge in [-0.3, -0.25) is 0 Å². The molecule has 46 heavy (non-hydrogen) atoms. The number of rotatable bonds is 4. The lowest BCUT2D eigenvalue weighted by molar-refractivity contribution is 1.07. The summed E-state index contributed by atoms with van der Waals surface area (Å²) >= 11 is 3.73. The second-order valence-corrected chi connectivity index (χ2v) is 13.8. The molecule has 4 nitrogen and oxygen atoms in total. The van der Waals surface area contributed by atoms with Crippen LogP contribution in [-0.2, 0) is 0 Å². The summed E-state index contributed by atoms with van der Waals surface area (Å²) in [5, 5.41) is 0. The molecule has 0 fully saturated rings. The highest BCUT2D eigenvalue weighted by molar-refractivity contribution is 8.01. The maximum atomic E-state index is 5.07. The summed E-state index contributed by atoms with van der Waals surface area (Å²) in [6.45, 7) is 0.178. The first-order valence-electron chi connectivity index (χ1n) is 15.3. The van der Waals surface area contributed by atoms with Crippen LogP contribution in [-0.4, -0.2) is 21.7 Å². The van der Waals surface area contributed by atoms with Crippen molar-refractivity contribution in [2.24, 2.45) is 0 Å². The maximum absolute atomic E-state index is 5.07. The molecule has 0 aliphatic carbocycles. The highest BCUT2D eigenvalue weighted by Crippen LogP contribution is 2.47. The van der Waals surface area contributed by atoms with Crippen LogP contribution in [0.3, 0.4) is 0 Å². The van der Waals surface area contributed by atoms with Crippen LogP contribution in [0.2, 0.25) is 0 Å². The highest BCUT2D eigenvalue weighted by atomic mass is 32.2. The van der Waals surface area contributed by atoms with Crippen LogP contribution in [0.25, 0.3) is 34.2 Å². The number of para-hydroxylation sites is 1. The van der Waals surface area contributed by atoms with Gasteiger partial charge in [0.1, 0.15) is 0 Å². The first-order chi connectivity index (χ1) is 22.8. The topological polar surface area (TPSA) is 41.9 Å². The minimum absolute atomic E-state index is 0.178. The monoisotopic (exact) mass is 622 g/mol. The maximum Gasteiger partial charge on any atom is 0.252 e. The molecule has 4 heterocycles. The van der Waals surface area contributed by atoms with Crippen LogP contribution < -0.4 is 21.3 Å². The van der Waals surface area contributed by atoms with Crippen molar-refractivity contribution in [1.29, 1.82) is 0 Å². The van der Waals surface area contributed by atoms with Crippen molar-refractivity contribution in [1.82, 2.24) is 15.0 Å². The van der Waals surface area contributed by atoms with Gasteiger partial charge >= 0.3 is 0 Å². The minimum Gasteiger partial charge on any atom is -0.311 e. The lowest BCUT2D eigenvalue weighted by atomic mass is 9.34. The number of benzene rings is 6. The van der Waals surface area contributed by atoms with Crippen molar-refractivity contribution < 1.29 is 0 Å². The lowest BCUT2D eigenvalue weighted by Crippen LogP contribution is -2.62. The average molecular weight is 623 g/mol. The molecule has 0 unspecified atom stereocenters. The van der Waals surface area contributed by atoms with Crippen LogP contribution in [0, 0.1) is 0 Å². The Bertz CT molecular complexity index is 2200. The lowest BCUT2D eigenvalue weighted by Gasteiger charge is -2.43.